The van der Waals surface area contributed by atoms with E-state index in [2.05, 4.69) is 0 Å². The normalized spacial score (nSPS) is 35.8. The summed E-state index contributed by atoms with van der Waals surface area (Å²) in [6.07, 6.45) is -4.28. The lowest BCUT2D eigenvalue weighted by Gasteiger charge is -2.43. The van der Waals surface area contributed by atoms with Crippen molar-refractivity contribution in [2.24, 2.45) is 0 Å². The fourth-order valence-electron chi connectivity index (χ4n) is 2.59. The van der Waals surface area contributed by atoms with E-state index in [9.17, 15) is 9.18 Å². The smallest absolute Gasteiger partial charge is 0.303 e. The second kappa shape index (κ2) is 6.09. The molecule has 5 nitrogen and oxygen atoms in total. The van der Waals surface area contributed by atoms with Gasteiger partial charge in [0.05, 0.1) is 13.2 Å². The lowest BCUT2D eigenvalue weighted by atomic mass is 10.00. The van der Waals surface area contributed by atoms with Crippen molar-refractivity contribution in [3.05, 3.63) is 35.9 Å². The van der Waals surface area contributed by atoms with Crippen LogP contribution < -0.4 is 0 Å². The SMILES string of the molecule is CC(=O)O[C@H]1CO[C@@H]2COC(c3ccccc3)O[C@H]2[C@@H]1F. The number of ether oxygens (including phenoxy) is 4. The van der Waals surface area contributed by atoms with Crippen LogP contribution in [0.2, 0.25) is 0 Å². The third-order valence-corrected chi connectivity index (χ3v) is 3.59. The van der Waals surface area contributed by atoms with Crippen LogP contribution in [0.5, 0.6) is 0 Å². The maximum atomic E-state index is 14.5. The van der Waals surface area contributed by atoms with Gasteiger partial charge in [0.1, 0.15) is 12.2 Å². The van der Waals surface area contributed by atoms with Crippen LogP contribution in [0.15, 0.2) is 30.3 Å². The van der Waals surface area contributed by atoms with Gasteiger partial charge in [0.15, 0.2) is 18.6 Å². The molecule has 0 bridgehead atoms. The van der Waals surface area contributed by atoms with E-state index in [1.54, 1.807) is 0 Å². The Bertz CT molecular complexity index is 494. The van der Waals surface area contributed by atoms with Crippen molar-refractivity contribution in [1.82, 2.24) is 0 Å². The number of halogens is 1. The van der Waals surface area contributed by atoms with Crippen LogP contribution >= 0.6 is 0 Å². The van der Waals surface area contributed by atoms with Gasteiger partial charge in [0, 0.05) is 12.5 Å². The highest BCUT2D eigenvalue weighted by molar-refractivity contribution is 5.66. The van der Waals surface area contributed by atoms with E-state index in [1.165, 1.54) is 6.92 Å². The van der Waals surface area contributed by atoms with Gasteiger partial charge in [0.2, 0.25) is 0 Å². The van der Waals surface area contributed by atoms with Gasteiger partial charge in [-0.05, 0) is 0 Å². The third kappa shape index (κ3) is 3.07. The zero-order valence-corrected chi connectivity index (χ0v) is 11.6. The molecule has 114 valence electrons. The topological polar surface area (TPSA) is 54.0 Å². The molecule has 6 heteroatoms. The maximum Gasteiger partial charge on any atom is 0.303 e. The highest BCUT2D eigenvalue weighted by atomic mass is 19.1. The Kier molecular flexibility index (Phi) is 4.19. The molecule has 1 unspecified atom stereocenters. The summed E-state index contributed by atoms with van der Waals surface area (Å²) in [4.78, 5) is 11.0. The number of hydrogen-bond donors (Lipinski definition) is 0. The summed E-state index contributed by atoms with van der Waals surface area (Å²) in [6, 6.07) is 9.31. The summed E-state index contributed by atoms with van der Waals surface area (Å²) in [7, 11) is 0. The number of rotatable bonds is 2. The van der Waals surface area contributed by atoms with Crippen LogP contribution in [0.25, 0.3) is 0 Å². The predicted molar refractivity (Wildman–Crippen MR) is 70.2 cm³/mol. The molecule has 2 aliphatic heterocycles. The number of hydrogen-bond acceptors (Lipinski definition) is 5. The van der Waals surface area contributed by atoms with Gasteiger partial charge < -0.3 is 18.9 Å². The van der Waals surface area contributed by atoms with E-state index in [0.717, 1.165) is 5.56 Å². The molecule has 0 radical (unpaired) electrons. The Morgan fingerprint density at radius 1 is 1.24 bits per heavy atom. The number of carbonyl (C=O) groups is 1. The Morgan fingerprint density at radius 3 is 2.71 bits per heavy atom. The summed E-state index contributed by atoms with van der Waals surface area (Å²) in [6.45, 7) is 1.51. The summed E-state index contributed by atoms with van der Waals surface area (Å²) in [5, 5.41) is 0. The summed E-state index contributed by atoms with van der Waals surface area (Å²) >= 11 is 0. The van der Waals surface area contributed by atoms with Gasteiger partial charge in [-0.1, -0.05) is 30.3 Å². The molecule has 2 heterocycles. The monoisotopic (exact) mass is 296 g/mol. The summed E-state index contributed by atoms with van der Waals surface area (Å²) in [5.41, 5.74) is 0.817. The molecule has 0 saturated carbocycles. The van der Waals surface area contributed by atoms with Gasteiger partial charge in [-0.25, -0.2) is 4.39 Å². The van der Waals surface area contributed by atoms with Crippen LogP contribution in [0, 0.1) is 0 Å². The molecule has 21 heavy (non-hydrogen) atoms. The molecule has 0 aliphatic carbocycles. The van der Waals surface area contributed by atoms with Gasteiger partial charge in [-0.15, -0.1) is 0 Å². The Hall–Kier alpha value is -1.50. The second-order valence-electron chi connectivity index (χ2n) is 5.14. The van der Waals surface area contributed by atoms with Gasteiger partial charge in [-0.2, -0.15) is 0 Å². The number of benzene rings is 1. The summed E-state index contributed by atoms with van der Waals surface area (Å²) in [5.74, 6) is -0.531. The van der Waals surface area contributed by atoms with Crippen LogP contribution in [-0.2, 0) is 23.7 Å². The first kappa shape index (κ1) is 14.4. The molecule has 2 aliphatic rings. The minimum absolute atomic E-state index is 0.0185. The van der Waals surface area contributed by atoms with Crippen molar-refractivity contribution < 1.29 is 28.1 Å². The molecule has 1 aromatic carbocycles. The number of fused-ring (bicyclic) bond motifs is 1. The van der Waals surface area contributed by atoms with Gasteiger partial charge in [-0.3, -0.25) is 4.79 Å². The van der Waals surface area contributed by atoms with Crippen LogP contribution in [0.4, 0.5) is 4.39 Å². The van der Waals surface area contributed by atoms with Crippen molar-refractivity contribution in [3.63, 3.8) is 0 Å². The zero-order chi connectivity index (χ0) is 14.8. The Balaban J connectivity index is 1.71. The van der Waals surface area contributed by atoms with E-state index >= 15 is 0 Å². The Labute approximate surface area is 121 Å². The molecule has 0 N–H and O–H groups in total. The minimum Gasteiger partial charge on any atom is -0.457 e. The van der Waals surface area contributed by atoms with E-state index in [1.807, 2.05) is 30.3 Å². The second-order valence-corrected chi connectivity index (χ2v) is 5.14. The molecule has 2 saturated heterocycles. The van der Waals surface area contributed by atoms with Crippen molar-refractivity contribution in [2.75, 3.05) is 13.2 Å². The lowest BCUT2D eigenvalue weighted by Crippen LogP contribution is -2.57. The molecule has 0 aromatic heterocycles. The zero-order valence-electron chi connectivity index (χ0n) is 11.6. The number of alkyl halides is 1. The van der Waals surface area contributed by atoms with Crippen molar-refractivity contribution in [2.45, 2.75) is 37.7 Å². The molecular formula is C15H17FO5. The third-order valence-electron chi connectivity index (χ3n) is 3.59. The highest BCUT2D eigenvalue weighted by Crippen LogP contribution is 2.33. The standard InChI is InChI=1S/C15H17FO5/c1-9(17)20-11-7-18-12-8-19-15(21-14(12)13(11)16)10-5-3-2-4-6-10/h2-6,11-15H,7-8H2,1H3/t11-,12+,13+,14+,15?/m0/s1. The highest BCUT2D eigenvalue weighted by Gasteiger charge is 2.47. The first-order valence-electron chi connectivity index (χ1n) is 6.90. The van der Waals surface area contributed by atoms with E-state index < -0.39 is 36.7 Å². The molecule has 3 rings (SSSR count). The van der Waals surface area contributed by atoms with E-state index in [0.29, 0.717) is 0 Å². The van der Waals surface area contributed by atoms with Crippen molar-refractivity contribution >= 4 is 5.97 Å². The van der Waals surface area contributed by atoms with Gasteiger partial charge >= 0.3 is 5.97 Å². The average molecular weight is 296 g/mol. The molecule has 0 amide bonds. The molecule has 0 spiro atoms. The average Bonchev–Trinajstić information content (AvgIpc) is 2.50. The van der Waals surface area contributed by atoms with Crippen LogP contribution in [-0.4, -0.2) is 43.7 Å². The number of carbonyl (C=O) groups excluding carboxylic acids is 1. The van der Waals surface area contributed by atoms with Crippen LogP contribution in [0.3, 0.4) is 0 Å². The predicted octanol–water partition coefficient (Wildman–Crippen LogP) is 1.77. The lowest BCUT2D eigenvalue weighted by molar-refractivity contribution is -0.306. The van der Waals surface area contributed by atoms with Crippen molar-refractivity contribution in [1.29, 1.82) is 0 Å². The first-order valence-corrected chi connectivity index (χ1v) is 6.90. The van der Waals surface area contributed by atoms with Crippen molar-refractivity contribution in [3.8, 4) is 0 Å². The molecular weight excluding hydrogens is 279 g/mol. The largest absolute Gasteiger partial charge is 0.457 e. The quantitative estimate of drug-likeness (QED) is 0.779. The van der Waals surface area contributed by atoms with E-state index in [-0.39, 0.29) is 13.2 Å². The summed E-state index contributed by atoms with van der Waals surface area (Å²) < 4.78 is 36.2. The fourth-order valence-corrected chi connectivity index (χ4v) is 2.59. The molecule has 5 atom stereocenters. The van der Waals surface area contributed by atoms with E-state index in [4.69, 9.17) is 18.9 Å². The molecule has 2 fully saturated rings. The number of esters is 1. The minimum atomic E-state index is -1.43. The first-order chi connectivity index (χ1) is 10.1. The maximum absolute atomic E-state index is 14.5. The van der Waals surface area contributed by atoms with Crippen LogP contribution in [0.1, 0.15) is 18.8 Å². The fraction of sp³-hybridized carbons (Fsp3) is 0.533. The Morgan fingerprint density at radius 2 is 2.00 bits per heavy atom. The van der Waals surface area contributed by atoms with Gasteiger partial charge in [0.25, 0.3) is 0 Å². The molecule has 1 aromatic rings.